The first-order valence-corrected chi connectivity index (χ1v) is 7.47. The van der Waals surface area contributed by atoms with E-state index < -0.39 is 0 Å². The zero-order chi connectivity index (χ0) is 15.7. The molecule has 1 unspecified atom stereocenters. The molecule has 0 saturated carbocycles. The summed E-state index contributed by atoms with van der Waals surface area (Å²) in [4.78, 5) is 14.5. The van der Waals surface area contributed by atoms with Crippen molar-refractivity contribution in [2.45, 2.75) is 26.3 Å². The highest BCUT2D eigenvalue weighted by Crippen LogP contribution is 2.28. The summed E-state index contributed by atoms with van der Waals surface area (Å²) in [6.07, 6.45) is 4.11. The Morgan fingerprint density at radius 3 is 2.39 bits per heavy atom. The van der Waals surface area contributed by atoms with Crippen molar-refractivity contribution in [3.63, 3.8) is 0 Å². The Morgan fingerprint density at radius 2 is 1.83 bits per heavy atom. The third-order valence-electron chi connectivity index (χ3n) is 4.43. The van der Waals surface area contributed by atoms with Crippen molar-refractivity contribution in [2.75, 3.05) is 13.1 Å². The number of piperidine rings is 1. The van der Waals surface area contributed by atoms with Crippen LogP contribution in [-0.2, 0) is 0 Å². The van der Waals surface area contributed by atoms with Crippen molar-refractivity contribution in [1.82, 2.24) is 19.7 Å². The average Bonchev–Trinajstić information content (AvgIpc) is 3.04. The van der Waals surface area contributed by atoms with Crippen molar-refractivity contribution < 1.29 is 4.79 Å². The fourth-order valence-electron chi connectivity index (χ4n) is 2.84. The van der Waals surface area contributed by atoms with Crippen LogP contribution in [0.5, 0.6) is 0 Å². The van der Waals surface area contributed by atoms with Crippen LogP contribution in [0.15, 0.2) is 36.9 Å². The standard InChI is InChI=1S/C16H21N5O.ClH/c1-16(2)9-20(8-7-14(16)17)15(22)12-3-5-13(6-4-12)21-10-18-19-11-21;/h3-6,10-11,14H,7-9,17H2,1-2H3;1H. The maximum Gasteiger partial charge on any atom is 0.253 e. The Balaban J connectivity index is 0.00000192. The molecule has 6 nitrogen and oxygen atoms in total. The molecular weight excluding hydrogens is 314 g/mol. The van der Waals surface area contributed by atoms with Gasteiger partial charge in [0.1, 0.15) is 12.7 Å². The number of rotatable bonds is 2. The highest BCUT2D eigenvalue weighted by atomic mass is 35.5. The lowest BCUT2D eigenvalue weighted by Gasteiger charge is -2.42. The van der Waals surface area contributed by atoms with Crippen LogP contribution in [0.1, 0.15) is 30.6 Å². The van der Waals surface area contributed by atoms with Gasteiger partial charge >= 0.3 is 0 Å². The van der Waals surface area contributed by atoms with E-state index in [1.807, 2.05) is 29.2 Å². The van der Waals surface area contributed by atoms with Gasteiger partial charge < -0.3 is 10.6 Å². The van der Waals surface area contributed by atoms with Crippen molar-refractivity contribution in [3.8, 4) is 5.69 Å². The monoisotopic (exact) mass is 335 g/mol. The second kappa shape index (κ2) is 6.68. The zero-order valence-corrected chi connectivity index (χ0v) is 14.2. The number of amides is 1. The molecule has 3 rings (SSSR count). The number of likely N-dealkylation sites (tertiary alicyclic amines) is 1. The summed E-state index contributed by atoms with van der Waals surface area (Å²) in [5.74, 6) is 0.0651. The number of carbonyl (C=O) groups excluding carboxylic acids is 1. The molecule has 2 heterocycles. The minimum absolute atomic E-state index is 0. The van der Waals surface area contributed by atoms with Gasteiger partial charge in [-0.15, -0.1) is 22.6 Å². The topological polar surface area (TPSA) is 77.0 Å². The first kappa shape index (κ1) is 17.4. The van der Waals surface area contributed by atoms with Crippen LogP contribution in [0.4, 0.5) is 0 Å². The van der Waals surface area contributed by atoms with Crippen LogP contribution >= 0.6 is 12.4 Å². The molecule has 1 aliphatic heterocycles. The van der Waals surface area contributed by atoms with Gasteiger partial charge in [0.25, 0.3) is 5.91 Å². The third kappa shape index (κ3) is 3.54. The van der Waals surface area contributed by atoms with Crippen molar-refractivity contribution in [2.24, 2.45) is 11.1 Å². The first-order valence-electron chi connectivity index (χ1n) is 7.47. The van der Waals surface area contributed by atoms with E-state index in [0.717, 1.165) is 18.7 Å². The molecule has 0 aliphatic carbocycles. The molecule has 23 heavy (non-hydrogen) atoms. The number of benzene rings is 1. The second-order valence-corrected chi connectivity index (χ2v) is 6.53. The number of hydrogen-bond donors (Lipinski definition) is 1. The Morgan fingerprint density at radius 1 is 1.22 bits per heavy atom. The van der Waals surface area contributed by atoms with Crippen LogP contribution in [0.3, 0.4) is 0 Å². The fraction of sp³-hybridized carbons (Fsp3) is 0.438. The van der Waals surface area contributed by atoms with E-state index in [0.29, 0.717) is 12.1 Å². The molecule has 1 amide bonds. The van der Waals surface area contributed by atoms with Gasteiger partial charge in [0.15, 0.2) is 0 Å². The molecule has 0 radical (unpaired) electrons. The molecule has 1 aromatic carbocycles. The summed E-state index contributed by atoms with van der Waals surface area (Å²) in [5.41, 5.74) is 7.72. The first-order chi connectivity index (χ1) is 10.5. The summed E-state index contributed by atoms with van der Waals surface area (Å²) in [5, 5.41) is 7.56. The lowest BCUT2D eigenvalue weighted by Crippen LogP contribution is -2.53. The highest BCUT2D eigenvalue weighted by Gasteiger charge is 2.35. The van der Waals surface area contributed by atoms with Crippen LogP contribution in [0.2, 0.25) is 0 Å². The molecule has 0 bridgehead atoms. The molecular formula is C16H22ClN5O. The molecule has 1 aromatic heterocycles. The van der Waals surface area contributed by atoms with Crippen molar-refractivity contribution in [1.29, 1.82) is 0 Å². The van der Waals surface area contributed by atoms with E-state index in [9.17, 15) is 4.79 Å². The average molecular weight is 336 g/mol. The van der Waals surface area contributed by atoms with E-state index in [1.165, 1.54) is 0 Å². The number of aromatic nitrogens is 3. The molecule has 1 saturated heterocycles. The smallest absolute Gasteiger partial charge is 0.253 e. The number of nitrogens with zero attached hydrogens (tertiary/aromatic N) is 4. The van der Waals surface area contributed by atoms with Crippen LogP contribution < -0.4 is 5.73 Å². The van der Waals surface area contributed by atoms with E-state index in [-0.39, 0.29) is 29.8 Å². The quantitative estimate of drug-likeness (QED) is 0.909. The minimum atomic E-state index is -0.0453. The second-order valence-electron chi connectivity index (χ2n) is 6.53. The largest absolute Gasteiger partial charge is 0.338 e. The number of halogens is 1. The summed E-state index contributed by atoms with van der Waals surface area (Å²) in [7, 11) is 0. The number of carbonyl (C=O) groups is 1. The van der Waals surface area contributed by atoms with Crippen LogP contribution in [-0.4, -0.2) is 44.7 Å². The predicted octanol–water partition coefficient (Wildman–Crippen LogP) is 1.89. The maximum absolute atomic E-state index is 12.6. The molecule has 2 aromatic rings. The highest BCUT2D eigenvalue weighted by molar-refractivity contribution is 5.94. The van der Waals surface area contributed by atoms with Gasteiger partial charge in [-0.25, -0.2) is 0 Å². The lowest BCUT2D eigenvalue weighted by atomic mass is 9.79. The summed E-state index contributed by atoms with van der Waals surface area (Å²) in [6.45, 7) is 5.65. The molecule has 1 aliphatic rings. The van der Waals surface area contributed by atoms with Crippen molar-refractivity contribution >= 4 is 18.3 Å². The normalized spacial score (nSPS) is 20.0. The predicted molar refractivity (Wildman–Crippen MR) is 90.9 cm³/mol. The molecule has 2 N–H and O–H groups in total. The van der Waals surface area contributed by atoms with E-state index >= 15 is 0 Å². The maximum atomic E-state index is 12.6. The molecule has 1 atom stereocenters. The van der Waals surface area contributed by atoms with Gasteiger partial charge in [0.2, 0.25) is 0 Å². The molecule has 7 heteroatoms. The van der Waals surface area contributed by atoms with Gasteiger partial charge in [-0.3, -0.25) is 9.36 Å². The van der Waals surface area contributed by atoms with Gasteiger partial charge in [-0.1, -0.05) is 13.8 Å². The zero-order valence-electron chi connectivity index (χ0n) is 13.3. The summed E-state index contributed by atoms with van der Waals surface area (Å²) in [6, 6.07) is 7.64. The van der Waals surface area contributed by atoms with E-state index in [4.69, 9.17) is 5.73 Å². The van der Waals surface area contributed by atoms with E-state index in [2.05, 4.69) is 24.0 Å². The molecule has 0 spiro atoms. The van der Waals surface area contributed by atoms with E-state index in [1.54, 1.807) is 17.2 Å². The van der Waals surface area contributed by atoms with Gasteiger partial charge in [0.05, 0.1) is 0 Å². The Bertz CT molecular complexity index is 654. The van der Waals surface area contributed by atoms with Gasteiger partial charge in [-0.2, -0.15) is 0 Å². The minimum Gasteiger partial charge on any atom is -0.338 e. The number of nitrogens with two attached hydrogens (primary N) is 1. The molecule has 124 valence electrons. The summed E-state index contributed by atoms with van der Waals surface area (Å²) < 4.78 is 1.80. The lowest BCUT2D eigenvalue weighted by molar-refractivity contribution is 0.0533. The number of hydrogen-bond acceptors (Lipinski definition) is 4. The van der Waals surface area contributed by atoms with Crippen molar-refractivity contribution in [3.05, 3.63) is 42.5 Å². The summed E-state index contributed by atoms with van der Waals surface area (Å²) >= 11 is 0. The molecule has 1 fully saturated rings. The fourth-order valence-corrected chi connectivity index (χ4v) is 2.84. The van der Waals surface area contributed by atoms with Crippen LogP contribution in [0, 0.1) is 5.41 Å². The van der Waals surface area contributed by atoms with Gasteiger partial charge in [-0.05, 0) is 36.1 Å². The third-order valence-corrected chi connectivity index (χ3v) is 4.43. The SMILES string of the molecule is CC1(C)CN(C(=O)c2ccc(-n3cnnc3)cc2)CCC1N.Cl. The van der Waals surface area contributed by atoms with Gasteiger partial charge in [0, 0.05) is 30.4 Å². The van der Waals surface area contributed by atoms with Crippen LogP contribution in [0.25, 0.3) is 5.69 Å². The Labute approximate surface area is 142 Å². The Hall–Kier alpha value is -1.92. The Kier molecular flexibility index (Phi) is 5.06.